The van der Waals surface area contributed by atoms with Crippen molar-refractivity contribution in [3.63, 3.8) is 0 Å². The number of carbonyl (C=O) groups is 3. The number of aliphatic hydroxyl groups excluding tert-OH is 1. The lowest BCUT2D eigenvalue weighted by atomic mass is 9.54. The average Bonchev–Trinajstić information content (AvgIpc) is 3.43. The molecule has 2 spiro atoms. The molecule has 3 heterocycles. The van der Waals surface area contributed by atoms with Gasteiger partial charge in [-0.15, -0.1) is 0 Å². The molecule has 1 N–H and O–H groups in total. The summed E-state index contributed by atoms with van der Waals surface area (Å²) in [6.07, 6.45) is -1.30. The molecule has 3 fully saturated rings. The van der Waals surface area contributed by atoms with Crippen LogP contribution in [0.3, 0.4) is 0 Å². The highest BCUT2D eigenvalue weighted by atomic mass is 16.7. The number of amides is 1. The van der Waals surface area contributed by atoms with Crippen LogP contribution in [-0.4, -0.2) is 86.4 Å². The molecule has 202 valence electrons. The van der Waals surface area contributed by atoms with Crippen molar-refractivity contribution in [1.29, 1.82) is 0 Å². The van der Waals surface area contributed by atoms with Gasteiger partial charge in [0.25, 0.3) is 5.91 Å². The molecule has 11 nitrogen and oxygen atoms in total. The summed E-state index contributed by atoms with van der Waals surface area (Å²) in [6.45, 7) is 4.14. The fraction of sp³-hybridized carbons (Fsp3) is 0.654. The largest absolute Gasteiger partial charge is 0.493 e. The Morgan fingerprint density at radius 2 is 1.70 bits per heavy atom. The Kier molecular flexibility index (Phi) is 6.36. The smallest absolute Gasteiger partial charge is 0.329 e. The third-order valence-corrected chi connectivity index (χ3v) is 8.30. The van der Waals surface area contributed by atoms with E-state index in [1.54, 1.807) is 26.0 Å². The van der Waals surface area contributed by atoms with Crippen LogP contribution in [0, 0.1) is 5.41 Å². The fourth-order valence-electron chi connectivity index (χ4n) is 6.92. The number of methoxy groups -OCH3 is 2. The maximum absolute atomic E-state index is 14.0. The first kappa shape index (κ1) is 25.7. The van der Waals surface area contributed by atoms with E-state index >= 15 is 0 Å². The van der Waals surface area contributed by atoms with E-state index in [0.29, 0.717) is 42.3 Å². The van der Waals surface area contributed by atoms with E-state index in [-0.39, 0.29) is 32.5 Å². The monoisotopic (exact) mass is 519 g/mol. The van der Waals surface area contributed by atoms with Crippen LogP contribution >= 0.6 is 0 Å². The van der Waals surface area contributed by atoms with E-state index in [0.717, 1.165) is 0 Å². The van der Waals surface area contributed by atoms with Gasteiger partial charge in [-0.3, -0.25) is 9.59 Å². The summed E-state index contributed by atoms with van der Waals surface area (Å²) in [7, 11) is 3.00. The molecular formula is C26H33NO10. The maximum Gasteiger partial charge on any atom is 0.329 e. The second-order valence-electron chi connectivity index (χ2n) is 9.78. The van der Waals surface area contributed by atoms with E-state index in [1.165, 1.54) is 19.1 Å². The number of esters is 2. The Morgan fingerprint density at radius 1 is 1.05 bits per heavy atom. The molecule has 1 amide bonds. The zero-order valence-corrected chi connectivity index (χ0v) is 21.5. The summed E-state index contributed by atoms with van der Waals surface area (Å²) in [5, 5.41) is 11.7. The molecule has 3 aliphatic heterocycles. The topological polar surface area (TPSA) is 130 Å². The molecule has 0 bridgehead atoms. The highest BCUT2D eigenvalue weighted by Gasteiger charge is 2.79. The number of fused-ring (bicyclic) bond motifs is 1. The van der Waals surface area contributed by atoms with Crippen molar-refractivity contribution in [2.75, 3.05) is 40.6 Å². The van der Waals surface area contributed by atoms with Crippen LogP contribution < -0.4 is 9.47 Å². The highest BCUT2D eigenvalue weighted by molar-refractivity contribution is 5.99. The Morgan fingerprint density at radius 3 is 2.32 bits per heavy atom. The number of aliphatic hydroxyl groups is 1. The van der Waals surface area contributed by atoms with Crippen molar-refractivity contribution in [3.8, 4) is 11.5 Å². The Bertz CT molecular complexity index is 1110. The Balaban J connectivity index is 1.82. The number of nitrogens with zero attached hydrogens (tertiary/aromatic N) is 1. The summed E-state index contributed by atoms with van der Waals surface area (Å²) in [5.74, 6) is -2.43. The quantitative estimate of drug-likeness (QED) is 0.545. The van der Waals surface area contributed by atoms with E-state index in [9.17, 15) is 19.5 Å². The molecule has 1 saturated carbocycles. The average molecular weight is 520 g/mol. The molecule has 11 heteroatoms. The van der Waals surface area contributed by atoms with Crippen LogP contribution in [0.25, 0.3) is 0 Å². The molecule has 0 aromatic heterocycles. The van der Waals surface area contributed by atoms with Gasteiger partial charge in [0, 0.05) is 19.3 Å². The van der Waals surface area contributed by atoms with Crippen LogP contribution in [0.2, 0.25) is 0 Å². The molecule has 4 atom stereocenters. The van der Waals surface area contributed by atoms with Crippen LogP contribution in [0.15, 0.2) is 12.1 Å². The minimum atomic E-state index is -1.82. The van der Waals surface area contributed by atoms with E-state index < -0.39 is 46.7 Å². The van der Waals surface area contributed by atoms with Crippen molar-refractivity contribution in [3.05, 3.63) is 23.3 Å². The number of hydrogen-bond donors (Lipinski definition) is 1. The van der Waals surface area contributed by atoms with Crippen LogP contribution in [0.4, 0.5) is 0 Å². The van der Waals surface area contributed by atoms with Gasteiger partial charge in [0.2, 0.25) is 0 Å². The predicted octanol–water partition coefficient (Wildman–Crippen LogP) is 1.07. The van der Waals surface area contributed by atoms with Gasteiger partial charge in [-0.05, 0) is 43.5 Å². The normalized spacial score (nSPS) is 31.4. The summed E-state index contributed by atoms with van der Waals surface area (Å²) < 4.78 is 34.0. The van der Waals surface area contributed by atoms with Gasteiger partial charge < -0.3 is 38.4 Å². The van der Waals surface area contributed by atoms with Crippen molar-refractivity contribution in [2.24, 2.45) is 5.41 Å². The van der Waals surface area contributed by atoms with Gasteiger partial charge in [-0.2, -0.15) is 0 Å². The summed E-state index contributed by atoms with van der Waals surface area (Å²) in [6, 6.07) is 2.42. The SMILES string of the molecule is CCOC(=O)[C@@H]1Cc2cc(OC)c(OC)cc2[C@@]23CCC4(C[C@]2(C(=O)OCC)[C@@H](O)C(=O)N13)OCCO4. The molecule has 1 aliphatic carbocycles. The number of carbonyl (C=O) groups excluding carboxylic acids is 3. The van der Waals surface area contributed by atoms with Gasteiger partial charge >= 0.3 is 11.9 Å². The van der Waals surface area contributed by atoms with Crippen LogP contribution in [-0.2, 0) is 45.3 Å². The van der Waals surface area contributed by atoms with Crippen molar-refractivity contribution in [1.82, 2.24) is 4.90 Å². The Hall–Kier alpha value is -2.89. The summed E-state index contributed by atoms with van der Waals surface area (Å²) in [5.41, 5.74) is -1.98. The zero-order chi connectivity index (χ0) is 26.6. The third-order valence-electron chi connectivity index (χ3n) is 8.30. The van der Waals surface area contributed by atoms with Crippen molar-refractivity contribution < 1.29 is 47.9 Å². The minimum Gasteiger partial charge on any atom is -0.493 e. The predicted molar refractivity (Wildman–Crippen MR) is 126 cm³/mol. The molecular weight excluding hydrogens is 486 g/mol. The molecule has 1 aromatic carbocycles. The first-order valence-electron chi connectivity index (χ1n) is 12.6. The number of hydrogen-bond acceptors (Lipinski definition) is 10. The third kappa shape index (κ3) is 3.33. The highest BCUT2D eigenvalue weighted by Crippen LogP contribution is 2.67. The summed E-state index contributed by atoms with van der Waals surface area (Å²) in [4.78, 5) is 42.6. The van der Waals surface area contributed by atoms with Crippen molar-refractivity contribution in [2.45, 2.75) is 63.0 Å². The molecule has 1 aromatic rings. The van der Waals surface area contributed by atoms with Crippen LogP contribution in [0.1, 0.15) is 44.2 Å². The van der Waals surface area contributed by atoms with Gasteiger partial charge in [-0.25, -0.2) is 4.79 Å². The fourth-order valence-corrected chi connectivity index (χ4v) is 6.92. The van der Waals surface area contributed by atoms with Crippen LogP contribution in [0.5, 0.6) is 11.5 Å². The molecule has 0 unspecified atom stereocenters. The number of benzene rings is 1. The first-order chi connectivity index (χ1) is 17.7. The zero-order valence-electron chi connectivity index (χ0n) is 21.5. The lowest BCUT2D eigenvalue weighted by Crippen LogP contribution is -2.67. The van der Waals surface area contributed by atoms with Gasteiger partial charge in [0.05, 0.1) is 46.2 Å². The molecule has 0 radical (unpaired) electrons. The lowest BCUT2D eigenvalue weighted by molar-refractivity contribution is -0.244. The second-order valence-corrected chi connectivity index (χ2v) is 9.78. The number of ether oxygens (including phenoxy) is 6. The first-order valence-corrected chi connectivity index (χ1v) is 12.6. The standard InChI is InChI=1S/C26H33NO10/c1-5-34-22(30)17-11-15-12-18(32-3)19(33-4)13-16(15)26-8-7-24(36-9-10-37-24)14-25(26,23(31)35-6-2)20(28)21(29)27(17)26/h12-13,17,20,28H,5-11,14H2,1-4H3/t17-,20-,25+,26-/m0/s1. The molecule has 37 heavy (non-hydrogen) atoms. The second kappa shape index (κ2) is 9.14. The number of rotatable bonds is 6. The van der Waals surface area contributed by atoms with E-state index in [1.807, 2.05) is 0 Å². The summed E-state index contributed by atoms with van der Waals surface area (Å²) >= 11 is 0. The lowest BCUT2D eigenvalue weighted by Gasteiger charge is -2.58. The van der Waals surface area contributed by atoms with Gasteiger partial charge in [0.1, 0.15) is 11.5 Å². The maximum atomic E-state index is 14.0. The minimum absolute atomic E-state index is 0.0341. The van der Waals surface area contributed by atoms with Gasteiger partial charge in [-0.1, -0.05) is 0 Å². The van der Waals surface area contributed by atoms with E-state index in [4.69, 9.17) is 28.4 Å². The Labute approximate surface area is 214 Å². The molecule has 4 aliphatic rings. The molecule has 2 saturated heterocycles. The van der Waals surface area contributed by atoms with E-state index in [2.05, 4.69) is 0 Å². The van der Waals surface area contributed by atoms with Crippen molar-refractivity contribution >= 4 is 17.8 Å². The molecule has 5 rings (SSSR count). The van der Waals surface area contributed by atoms with Gasteiger partial charge in [0.15, 0.2) is 23.4 Å².